The molecule has 5 heteroatoms. The molecule has 0 aromatic rings. The number of hydrogen-bond acceptors (Lipinski definition) is 4. The first-order valence-electron chi connectivity index (χ1n) is 3.39. The van der Waals surface area contributed by atoms with E-state index in [1.807, 2.05) is 0 Å². The minimum Gasteiger partial charge on any atom is -0.381 e. The van der Waals surface area contributed by atoms with Gasteiger partial charge in [0.05, 0.1) is 18.1 Å². The SMILES string of the molecule is COC/C=C(/COC)S(C)(=O)=O. The first-order valence-corrected chi connectivity index (χ1v) is 5.28. The normalized spacial score (nSPS) is 13.4. The van der Waals surface area contributed by atoms with Gasteiger partial charge in [-0.25, -0.2) is 8.42 Å². The summed E-state index contributed by atoms with van der Waals surface area (Å²) in [5, 5.41) is 0. The second-order valence-corrected chi connectivity index (χ2v) is 4.40. The molecule has 0 bridgehead atoms. The third-order valence-corrected chi connectivity index (χ3v) is 2.48. The summed E-state index contributed by atoms with van der Waals surface area (Å²) in [7, 11) is -0.190. The Balaban J connectivity index is 4.44. The van der Waals surface area contributed by atoms with Gasteiger partial charge in [-0.05, 0) is 6.08 Å². The second kappa shape index (κ2) is 5.29. The zero-order valence-electron chi connectivity index (χ0n) is 7.53. The van der Waals surface area contributed by atoms with Crippen LogP contribution in [0.25, 0.3) is 0 Å². The number of hydrogen-bond donors (Lipinski definition) is 0. The summed E-state index contributed by atoms with van der Waals surface area (Å²) in [5.74, 6) is 0. The van der Waals surface area contributed by atoms with Crippen LogP contribution in [-0.2, 0) is 19.3 Å². The standard InChI is InChI=1S/C7H14O4S/c1-10-5-4-7(6-11-2)12(3,8)9/h4H,5-6H2,1-3H3/b7-4-. The van der Waals surface area contributed by atoms with Crippen molar-refractivity contribution in [2.24, 2.45) is 0 Å². The molecule has 0 N–H and O–H groups in total. The van der Waals surface area contributed by atoms with Crippen molar-refractivity contribution in [1.29, 1.82) is 0 Å². The van der Waals surface area contributed by atoms with E-state index in [0.717, 1.165) is 6.26 Å². The van der Waals surface area contributed by atoms with Crippen molar-refractivity contribution in [3.05, 3.63) is 11.0 Å². The van der Waals surface area contributed by atoms with E-state index in [9.17, 15) is 8.42 Å². The van der Waals surface area contributed by atoms with Crippen molar-refractivity contribution in [3.8, 4) is 0 Å². The highest BCUT2D eigenvalue weighted by atomic mass is 32.2. The Kier molecular flexibility index (Phi) is 5.12. The van der Waals surface area contributed by atoms with Gasteiger partial charge in [-0.2, -0.15) is 0 Å². The maximum atomic E-state index is 11.0. The van der Waals surface area contributed by atoms with E-state index >= 15 is 0 Å². The first-order chi connectivity index (χ1) is 5.52. The van der Waals surface area contributed by atoms with E-state index < -0.39 is 9.84 Å². The van der Waals surface area contributed by atoms with E-state index in [1.165, 1.54) is 20.3 Å². The summed E-state index contributed by atoms with van der Waals surface area (Å²) < 4.78 is 31.5. The van der Waals surface area contributed by atoms with Crippen molar-refractivity contribution < 1.29 is 17.9 Å². The molecule has 0 amide bonds. The molecule has 0 fully saturated rings. The monoisotopic (exact) mass is 194 g/mol. The predicted molar refractivity (Wildman–Crippen MR) is 46.7 cm³/mol. The van der Waals surface area contributed by atoms with Crippen molar-refractivity contribution in [1.82, 2.24) is 0 Å². The van der Waals surface area contributed by atoms with Gasteiger partial charge in [0.15, 0.2) is 9.84 Å². The number of rotatable bonds is 5. The predicted octanol–water partition coefficient (Wildman–Crippen LogP) is 0.208. The largest absolute Gasteiger partial charge is 0.381 e. The van der Waals surface area contributed by atoms with E-state index in [-0.39, 0.29) is 18.1 Å². The van der Waals surface area contributed by atoms with Crippen LogP contribution in [-0.4, -0.2) is 42.1 Å². The minimum atomic E-state index is -3.14. The van der Waals surface area contributed by atoms with Gasteiger partial charge in [-0.1, -0.05) is 0 Å². The Morgan fingerprint density at radius 3 is 2.25 bits per heavy atom. The highest BCUT2D eigenvalue weighted by Crippen LogP contribution is 2.03. The number of methoxy groups -OCH3 is 2. The Morgan fingerprint density at radius 1 is 1.33 bits per heavy atom. The van der Waals surface area contributed by atoms with Crippen LogP contribution >= 0.6 is 0 Å². The zero-order valence-corrected chi connectivity index (χ0v) is 8.35. The highest BCUT2D eigenvalue weighted by molar-refractivity contribution is 7.94. The van der Waals surface area contributed by atoms with E-state index in [1.54, 1.807) is 0 Å². The molecule has 0 atom stereocenters. The first kappa shape index (κ1) is 11.6. The molecule has 0 aromatic carbocycles. The van der Waals surface area contributed by atoms with E-state index in [2.05, 4.69) is 0 Å². The summed E-state index contributed by atoms with van der Waals surface area (Å²) in [5.41, 5.74) is 0. The molecule has 0 aliphatic carbocycles. The van der Waals surface area contributed by atoms with Gasteiger partial charge in [0.25, 0.3) is 0 Å². The molecule has 0 unspecified atom stereocenters. The van der Waals surface area contributed by atoms with E-state index in [0.29, 0.717) is 0 Å². The van der Waals surface area contributed by atoms with Gasteiger partial charge in [-0.3, -0.25) is 0 Å². The molecule has 72 valence electrons. The van der Waals surface area contributed by atoms with Crippen LogP contribution in [0.5, 0.6) is 0 Å². The smallest absolute Gasteiger partial charge is 0.173 e. The van der Waals surface area contributed by atoms with Crippen LogP contribution in [0.1, 0.15) is 0 Å². The molecule has 12 heavy (non-hydrogen) atoms. The van der Waals surface area contributed by atoms with Crippen molar-refractivity contribution >= 4 is 9.84 Å². The molecule has 0 rings (SSSR count). The highest BCUT2D eigenvalue weighted by Gasteiger charge is 2.09. The fourth-order valence-electron chi connectivity index (χ4n) is 0.636. The molecule has 0 aromatic heterocycles. The molecule has 0 saturated carbocycles. The third kappa shape index (κ3) is 4.48. The van der Waals surface area contributed by atoms with Crippen molar-refractivity contribution in [2.75, 3.05) is 33.7 Å². The summed E-state index contributed by atoms with van der Waals surface area (Å²) >= 11 is 0. The van der Waals surface area contributed by atoms with Gasteiger partial charge in [0.2, 0.25) is 0 Å². The third-order valence-electron chi connectivity index (χ3n) is 1.24. The molecule has 0 heterocycles. The lowest BCUT2D eigenvalue weighted by atomic mass is 10.5. The molecule has 0 aliphatic heterocycles. The number of sulfone groups is 1. The Hall–Kier alpha value is -0.390. The molecule has 0 aliphatic rings. The maximum Gasteiger partial charge on any atom is 0.173 e. The van der Waals surface area contributed by atoms with Crippen LogP contribution in [0.4, 0.5) is 0 Å². The lowest BCUT2D eigenvalue weighted by Crippen LogP contribution is -2.07. The summed E-state index contributed by atoms with van der Waals surface area (Å²) in [6.07, 6.45) is 2.65. The summed E-state index contributed by atoms with van der Waals surface area (Å²) in [6.45, 7) is 0.383. The molecule has 0 saturated heterocycles. The van der Waals surface area contributed by atoms with Gasteiger partial charge in [0.1, 0.15) is 0 Å². The summed E-state index contributed by atoms with van der Waals surface area (Å²) in [4.78, 5) is 0.256. The van der Waals surface area contributed by atoms with Crippen LogP contribution in [0.2, 0.25) is 0 Å². The average molecular weight is 194 g/mol. The summed E-state index contributed by atoms with van der Waals surface area (Å²) in [6, 6.07) is 0. The van der Waals surface area contributed by atoms with Crippen LogP contribution in [0.3, 0.4) is 0 Å². The van der Waals surface area contributed by atoms with Gasteiger partial charge in [-0.15, -0.1) is 0 Å². The van der Waals surface area contributed by atoms with Crippen LogP contribution < -0.4 is 0 Å². The molecule has 0 spiro atoms. The fraction of sp³-hybridized carbons (Fsp3) is 0.714. The number of ether oxygens (including phenoxy) is 2. The zero-order chi connectivity index (χ0) is 9.61. The minimum absolute atomic E-state index is 0.0994. The van der Waals surface area contributed by atoms with Crippen molar-refractivity contribution in [2.45, 2.75) is 0 Å². The molecular weight excluding hydrogens is 180 g/mol. The van der Waals surface area contributed by atoms with Crippen molar-refractivity contribution in [3.63, 3.8) is 0 Å². The Morgan fingerprint density at radius 2 is 1.92 bits per heavy atom. The average Bonchev–Trinajstić information content (AvgIpc) is 1.95. The second-order valence-electron chi connectivity index (χ2n) is 2.33. The van der Waals surface area contributed by atoms with E-state index in [4.69, 9.17) is 9.47 Å². The molecule has 4 nitrogen and oxygen atoms in total. The van der Waals surface area contributed by atoms with Gasteiger partial charge < -0.3 is 9.47 Å². The van der Waals surface area contributed by atoms with Crippen LogP contribution in [0, 0.1) is 0 Å². The molecule has 0 radical (unpaired) electrons. The Labute approximate surface area is 73.1 Å². The lowest BCUT2D eigenvalue weighted by molar-refractivity contribution is 0.221. The van der Waals surface area contributed by atoms with Gasteiger partial charge in [0, 0.05) is 20.5 Å². The fourth-order valence-corrected chi connectivity index (χ4v) is 1.34. The quantitative estimate of drug-likeness (QED) is 0.627. The van der Waals surface area contributed by atoms with Crippen LogP contribution in [0.15, 0.2) is 11.0 Å². The lowest BCUT2D eigenvalue weighted by Gasteiger charge is -2.02. The maximum absolute atomic E-state index is 11.0. The Bertz CT molecular complexity index is 240. The van der Waals surface area contributed by atoms with Gasteiger partial charge >= 0.3 is 0 Å². The molecular formula is C7H14O4S. The topological polar surface area (TPSA) is 52.6 Å².